The van der Waals surface area contributed by atoms with E-state index in [2.05, 4.69) is 57.1 Å². The molecule has 1 N–H and O–H groups in total. The average molecular weight is 481 g/mol. The number of carbonyl (C=O) groups excluding carboxylic acids is 1. The number of amides is 1. The summed E-state index contributed by atoms with van der Waals surface area (Å²) in [7, 11) is 0. The van der Waals surface area contributed by atoms with Crippen LogP contribution in [0.5, 0.6) is 0 Å². The maximum atomic E-state index is 12.4. The molecule has 1 aliphatic rings. The number of benzene rings is 1. The zero-order valence-electron chi connectivity index (χ0n) is 17.3. The van der Waals surface area contributed by atoms with E-state index in [0.29, 0.717) is 18.3 Å². The first kappa shape index (κ1) is 22.3. The van der Waals surface area contributed by atoms with E-state index in [0.717, 1.165) is 48.3 Å². The Morgan fingerprint density at radius 2 is 2.10 bits per heavy atom. The summed E-state index contributed by atoms with van der Waals surface area (Å²) in [4.78, 5) is 19.2. The summed E-state index contributed by atoms with van der Waals surface area (Å²) in [5, 5.41) is 7.19. The highest BCUT2D eigenvalue weighted by molar-refractivity contribution is 9.10. The molecular formula is C21H29BrN4O2S. The first-order valence-electron chi connectivity index (χ1n) is 10.0. The van der Waals surface area contributed by atoms with Crippen LogP contribution in [0, 0.1) is 5.92 Å². The van der Waals surface area contributed by atoms with Crippen molar-refractivity contribution >= 4 is 33.6 Å². The molecular weight excluding hydrogens is 452 g/mol. The van der Waals surface area contributed by atoms with Crippen LogP contribution in [0.4, 0.5) is 0 Å². The van der Waals surface area contributed by atoms with Crippen molar-refractivity contribution in [1.82, 2.24) is 20.4 Å². The Bertz CT molecular complexity index is 813. The molecule has 1 aliphatic heterocycles. The van der Waals surface area contributed by atoms with Crippen LogP contribution < -0.4 is 5.32 Å². The fraction of sp³-hybridized carbons (Fsp3) is 0.571. The molecule has 0 bridgehead atoms. The molecule has 8 heteroatoms. The van der Waals surface area contributed by atoms with Crippen LogP contribution in [-0.2, 0) is 11.3 Å². The summed E-state index contributed by atoms with van der Waals surface area (Å²) >= 11 is 5.34. The van der Waals surface area contributed by atoms with Gasteiger partial charge in [0.25, 0.3) is 0 Å². The summed E-state index contributed by atoms with van der Waals surface area (Å²) < 4.78 is 6.65. The lowest BCUT2D eigenvalue weighted by molar-refractivity contribution is -0.126. The molecule has 0 unspecified atom stereocenters. The van der Waals surface area contributed by atoms with Crippen molar-refractivity contribution in [3.63, 3.8) is 0 Å². The van der Waals surface area contributed by atoms with E-state index in [4.69, 9.17) is 4.52 Å². The first-order chi connectivity index (χ1) is 13.8. The number of aromatic nitrogens is 2. The fourth-order valence-corrected chi connectivity index (χ4v) is 4.50. The second-order valence-electron chi connectivity index (χ2n) is 8.32. The van der Waals surface area contributed by atoms with Gasteiger partial charge in [-0.25, -0.2) is 0 Å². The van der Waals surface area contributed by atoms with E-state index in [9.17, 15) is 4.79 Å². The number of halogens is 1. The molecule has 2 aromatic rings. The van der Waals surface area contributed by atoms with Gasteiger partial charge in [0.2, 0.25) is 17.6 Å². The van der Waals surface area contributed by atoms with Gasteiger partial charge in [0.1, 0.15) is 0 Å². The Balaban J connectivity index is 1.41. The van der Waals surface area contributed by atoms with Crippen LogP contribution >= 0.6 is 27.7 Å². The van der Waals surface area contributed by atoms with Gasteiger partial charge in [-0.3, -0.25) is 9.69 Å². The average Bonchev–Trinajstić information content (AvgIpc) is 3.13. The Morgan fingerprint density at radius 3 is 2.79 bits per heavy atom. The second-order valence-corrected chi connectivity index (χ2v) is 11.2. The molecule has 2 heterocycles. The highest BCUT2D eigenvalue weighted by Crippen LogP contribution is 2.24. The van der Waals surface area contributed by atoms with Crippen molar-refractivity contribution in [3.8, 4) is 11.4 Å². The number of hydrogen-bond donors (Lipinski definition) is 1. The topological polar surface area (TPSA) is 71.3 Å². The molecule has 158 valence electrons. The van der Waals surface area contributed by atoms with E-state index in [1.807, 2.05) is 36.0 Å². The van der Waals surface area contributed by atoms with Crippen molar-refractivity contribution in [2.24, 2.45) is 5.92 Å². The van der Waals surface area contributed by atoms with Gasteiger partial charge in [-0.1, -0.05) is 54.0 Å². The van der Waals surface area contributed by atoms with Gasteiger partial charge in [-0.05, 0) is 38.1 Å². The monoisotopic (exact) mass is 480 g/mol. The number of rotatable bonds is 7. The van der Waals surface area contributed by atoms with E-state index < -0.39 is 0 Å². The number of nitrogens with one attached hydrogen (secondary N) is 1. The van der Waals surface area contributed by atoms with E-state index in [1.54, 1.807) is 0 Å². The van der Waals surface area contributed by atoms with Gasteiger partial charge in [-0.2, -0.15) is 16.7 Å². The van der Waals surface area contributed by atoms with Crippen molar-refractivity contribution in [3.05, 3.63) is 34.6 Å². The van der Waals surface area contributed by atoms with Gasteiger partial charge in [0.15, 0.2) is 0 Å². The molecule has 1 fully saturated rings. The smallest absolute Gasteiger partial charge is 0.241 e. The highest BCUT2D eigenvalue weighted by atomic mass is 79.9. The molecule has 0 spiro atoms. The Labute approximate surface area is 185 Å². The standard InChI is InChI=1S/C21H29BrN4O2S/c1-21(2,3)29-12-9-23-20(27)15-7-10-26(11-8-15)14-18-24-19(25-28-18)16-5-4-6-17(22)13-16/h4-6,13,15H,7-12,14H2,1-3H3,(H,23,27). The van der Waals surface area contributed by atoms with E-state index in [-0.39, 0.29) is 16.6 Å². The van der Waals surface area contributed by atoms with E-state index >= 15 is 0 Å². The minimum atomic E-state index is 0.103. The summed E-state index contributed by atoms with van der Waals surface area (Å²) in [6, 6.07) is 7.85. The SMILES string of the molecule is CC(C)(C)SCCNC(=O)C1CCN(Cc2nc(-c3cccc(Br)c3)no2)CC1. The zero-order valence-corrected chi connectivity index (χ0v) is 19.7. The second kappa shape index (κ2) is 10.1. The maximum absolute atomic E-state index is 12.4. The number of piperidine rings is 1. The van der Waals surface area contributed by atoms with Crippen molar-refractivity contribution in [2.75, 3.05) is 25.4 Å². The number of hydrogen-bond acceptors (Lipinski definition) is 6. The van der Waals surface area contributed by atoms with Gasteiger partial charge >= 0.3 is 0 Å². The lowest BCUT2D eigenvalue weighted by Gasteiger charge is -2.30. The van der Waals surface area contributed by atoms with Crippen LogP contribution in [0.3, 0.4) is 0 Å². The summed E-state index contributed by atoms with van der Waals surface area (Å²) in [6.07, 6.45) is 1.73. The Kier molecular flexibility index (Phi) is 7.76. The first-order valence-corrected chi connectivity index (χ1v) is 11.8. The molecule has 3 rings (SSSR count). The number of carbonyl (C=O) groups is 1. The normalized spacial score (nSPS) is 16.1. The highest BCUT2D eigenvalue weighted by Gasteiger charge is 2.26. The quantitative estimate of drug-likeness (QED) is 0.593. The van der Waals surface area contributed by atoms with E-state index in [1.165, 1.54) is 0 Å². The lowest BCUT2D eigenvalue weighted by Crippen LogP contribution is -2.40. The number of nitrogens with zero attached hydrogens (tertiary/aromatic N) is 3. The third-order valence-electron chi connectivity index (χ3n) is 4.80. The van der Waals surface area contributed by atoms with Crippen molar-refractivity contribution < 1.29 is 9.32 Å². The summed E-state index contributed by atoms with van der Waals surface area (Å²) in [5.74, 6) is 2.46. The van der Waals surface area contributed by atoms with Crippen molar-refractivity contribution in [2.45, 2.75) is 44.9 Å². The molecule has 1 amide bonds. The minimum absolute atomic E-state index is 0.103. The van der Waals surface area contributed by atoms with Crippen LogP contribution in [0.15, 0.2) is 33.3 Å². The minimum Gasteiger partial charge on any atom is -0.355 e. The third-order valence-corrected chi connectivity index (χ3v) is 6.57. The van der Waals surface area contributed by atoms with Gasteiger partial charge < -0.3 is 9.84 Å². The molecule has 1 aromatic carbocycles. The molecule has 0 aliphatic carbocycles. The molecule has 0 saturated carbocycles. The zero-order chi connectivity index (χ0) is 20.9. The molecule has 1 aromatic heterocycles. The van der Waals surface area contributed by atoms with Gasteiger partial charge in [0, 0.05) is 33.0 Å². The molecule has 1 saturated heterocycles. The summed E-state index contributed by atoms with van der Waals surface area (Å²) in [5.41, 5.74) is 0.925. The molecule has 29 heavy (non-hydrogen) atoms. The number of thioether (sulfide) groups is 1. The van der Waals surface area contributed by atoms with Crippen molar-refractivity contribution in [1.29, 1.82) is 0 Å². The fourth-order valence-electron chi connectivity index (χ4n) is 3.28. The molecule has 0 radical (unpaired) electrons. The van der Waals surface area contributed by atoms with Gasteiger partial charge in [-0.15, -0.1) is 0 Å². The van der Waals surface area contributed by atoms with Crippen LogP contribution in [-0.4, -0.2) is 51.1 Å². The van der Waals surface area contributed by atoms with Crippen LogP contribution in [0.25, 0.3) is 11.4 Å². The predicted molar refractivity (Wildman–Crippen MR) is 121 cm³/mol. The maximum Gasteiger partial charge on any atom is 0.241 e. The molecule has 6 nitrogen and oxygen atoms in total. The van der Waals surface area contributed by atoms with Crippen LogP contribution in [0.1, 0.15) is 39.5 Å². The Morgan fingerprint density at radius 1 is 1.34 bits per heavy atom. The summed E-state index contributed by atoms with van der Waals surface area (Å²) in [6.45, 7) is 9.67. The number of likely N-dealkylation sites (tertiary alicyclic amines) is 1. The largest absolute Gasteiger partial charge is 0.355 e. The molecule has 0 atom stereocenters. The lowest BCUT2D eigenvalue weighted by atomic mass is 9.96. The Hall–Kier alpha value is -1.38. The van der Waals surface area contributed by atoms with Gasteiger partial charge in [0.05, 0.1) is 6.54 Å². The third kappa shape index (κ3) is 7.12. The van der Waals surface area contributed by atoms with Crippen LogP contribution in [0.2, 0.25) is 0 Å². The predicted octanol–water partition coefficient (Wildman–Crippen LogP) is 4.36.